The quantitative estimate of drug-likeness (QED) is 0.688. The monoisotopic (exact) mass is 388 g/mol. The highest BCUT2D eigenvalue weighted by atomic mass is 16.5. The number of benzene rings is 2. The molecule has 0 radical (unpaired) electrons. The van der Waals surface area contributed by atoms with Crippen molar-refractivity contribution in [3.05, 3.63) is 77.6 Å². The Bertz CT molecular complexity index is 1070. The van der Waals surface area contributed by atoms with Gasteiger partial charge in [-0.1, -0.05) is 18.2 Å². The van der Waals surface area contributed by atoms with E-state index in [1.54, 1.807) is 41.4 Å². The second kappa shape index (κ2) is 7.71. The molecule has 29 heavy (non-hydrogen) atoms. The van der Waals surface area contributed by atoms with Crippen molar-refractivity contribution >= 4 is 29.2 Å². The summed E-state index contributed by atoms with van der Waals surface area (Å²) in [5, 5.41) is 3.06. The molecule has 1 aliphatic heterocycles. The van der Waals surface area contributed by atoms with Crippen molar-refractivity contribution in [2.75, 3.05) is 17.3 Å². The van der Waals surface area contributed by atoms with Gasteiger partial charge in [0.15, 0.2) is 0 Å². The van der Waals surface area contributed by atoms with Gasteiger partial charge in [0.05, 0.1) is 12.7 Å². The van der Waals surface area contributed by atoms with Crippen molar-refractivity contribution in [2.45, 2.75) is 19.4 Å². The van der Waals surface area contributed by atoms with Gasteiger partial charge in [0.1, 0.15) is 5.69 Å². The summed E-state index contributed by atoms with van der Waals surface area (Å²) in [6.45, 7) is 2.03. The van der Waals surface area contributed by atoms with Crippen molar-refractivity contribution < 1.29 is 14.3 Å². The summed E-state index contributed by atoms with van der Waals surface area (Å²) in [4.78, 5) is 35.0. The standard InChI is InChI=1S/C22H20N4O3/c1-14-13-16-5-3-4-6-19(16)26(14)20(27)18-11-12-23-22(25-18)24-17-9-7-15(8-10-17)21(28)29-2/h3-12,14H,13H2,1-2H3,(H,23,24,25). The van der Waals surface area contributed by atoms with Gasteiger partial charge in [0, 0.05) is 23.6 Å². The van der Waals surface area contributed by atoms with E-state index in [0.29, 0.717) is 22.9 Å². The van der Waals surface area contributed by atoms with Crippen molar-refractivity contribution in [3.63, 3.8) is 0 Å². The third kappa shape index (κ3) is 3.67. The molecule has 0 spiro atoms. The third-order valence-corrected chi connectivity index (χ3v) is 4.86. The molecule has 1 N–H and O–H groups in total. The summed E-state index contributed by atoms with van der Waals surface area (Å²) in [5.74, 6) is -0.254. The Morgan fingerprint density at radius 1 is 1.10 bits per heavy atom. The molecule has 1 aliphatic rings. The Balaban J connectivity index is 1.55. The molecular weight excluding hydrogens is 368 g/mol. The fraction of sp³-hybridized carbons (Fsp3) is 0.182. The van der Waals surface area contributed by atoms with E-state index in [9.17, 15) is 9.59 Å². The number of fused-ring (bicyclic) bond motifs is 1. The fourth-order valence-corrected chi connectivity index (χ4v) is 3.47. The molecule has 2 aromatic carbocycles. The van der Waals surface area contributed by atoms with Gasteiger partial charge >= 0.3 is 5.97 Å². The number of para-hydroxylation sites is 1. The Kier molecular flexibility index (Phi) is 4.95. The maximum atomic E-state index is 13.1. The highest BCUT2D eigenvalue weighted by Gasteiger charge is 2.31. The molecule has 0 saturated heterocycles. The van der Waals surface area contributed by atoms with Crippen LogP contribution in [0.15, 0.2) is 60.8 Å². The van der Waals surface area contributed by atoms with Crippen LogP contribution in [0.1, 0.15) is 33.3 Å². The average molecular weight is 388 g/mol. The molecule has 1 aromatic heterocycles. The van der Waals surface area contributed by atoms with Crippen molar-refractivity contribution in [3.8, 4) is 0 Å². The van der Waals surface area contributed by atoms with E-state index in [1.165, 1.54) is 7.11 Å². The van der Waals surface area contributed by atoms with E-state index in [4.69, 9.17) is 4.74 Å². The number of carbonyl (C=O) groups is 2. The van der Waals surface area contributed by atoms with Crippen LogP contribution in [0, 0.1) is 0 Å². The number of hydrogen-bond donors (Lipinski definition) is 1. The molecule has 3 aromatic rings. The van der Waals surface area contributed by atoms with Gasteiger partial charge in [-0.25, -0.2) is 14.8 Å². The first-order valence-corrected chi connectivity index (χ1v) is 9.26. The second-order valence-electron chi connectivity index (χ2n) is 6.82. The van der Waals surface area contributed by atoms with Crippen LogP contribution in [0.25, 0.3) is 0 Å². The Morgan fingerprint density at radius 3 is 2.62 bits per heavy atom. The van der Waals surface area contributed by atoms with Gasteiger partial charge < -0.3 is 15.0 Å². The lowest BCUT2D eigenvalue weighted by Gasteiger charge is -2.22. The predicted octanol–water partition coefficient (Wildman–Crippen LogP) is 3.60. The summed E-state index contributed by atoms with van der Waals surface area (Å²) >= 11 is 0. The first kappa shape index (κ1) is 18.6. The van der Waals surface area contributed by atoms with Gasteiger partial charge in [-0.2, -0.15) is 0 Å². The number of rotatable bonds is 4. The van der Waals surface area contributed by atoms with Crippen LogP contribution < -0.4 is 10.2 Å². The molecule has 0 bridgehead atoms. The largest absolute Gasteiger partial charge is 0.465 e. The highest BCUT2D eigenvalue weighted by Crippen LogP contribution is 2.32. The lowest BCUT2D eigenvalue weighted by atomic mass is 10.1. The summed E-state index contributed by atoms with van der Waals surface area (Å²) in [6, 6.07) is 16.3. The molecule has 1 unspecified atom stereocenters. The molecule has 0 saturated carbocycles. The number of amides is 1. The smallest absolute Gasteiger partial charge is 0.337 e. The number of anilines is 3. The molecular formula is C22H20N4O3. The molecule has 0 fully saturated rings. The Morgan fingerprint density at radius 2 is 1.86 bits per heavy atom. The van der Waals surface area contributed by atoms with Crippen LogP contribution in [0.4, 0.5) is 17.3 Å². The molecule has 7 heteroatoms. The molecule has 4 rings (SSSR count). The van der Waals surface area contributed by atoms with Crippen LogP contribution >= 0.6 is 0 Å². The minimum Gasteiger partial charge on any atom is -0.465 e. The topological polar surface area (TPSA) is 84.4 Å². The maximum absolute atomic E-state index is 13.1. The average Bonchev–Trinajstić information content (AvgIpc) is 3.09. The molecule has 1 amide bonds. The van der Waals surface area contributed by atoms with Crippen LogP contribution in [-0.4, -0.2) is 35.0 Å². The third-order valence-electron chi connectivity index (χ3n) is 4.86. The van der Waals surface area contributed by atoms with Crippen LogP contribution in [0.2, 0.25) is 0 Å². The number of nitrogens with one attached hydrogen (secondary N) is 1. The molecule has 1 atom stereocenters. The van der Waals surface area contributed by atoms with Crippen LogP contribution in [0.5, 0.6) is 0 Å². The van der Waals surface area contributed by atoms with Gasteiger partial charge in [-0.3, -0.25) is 4.79 Å². The number of carbonyl (C=O) groups excluding carboxylic acids is 2. The highest BCUT2D eigenvalue weighted by molar-refractivity contribution is 6.06. The summed E-state index contributed by atoms with van der Waals surface area (Å²) < 4.78 is 4.69. The molecule has 7 nitrogen and oxygen atoms in total. The first-order valence-electron chi connectivity index (χ1n) is 9.26. The zero-order valence-corrected chi connectivity index (χ0v) is 16.1. The minimum atomic E-state index is -0.402. The van der Waals surface area contributed by atoms with Gasteiger partial charge in [0.2, 0.25) is 5.95 Å². The Labute approximate surface area is 168 Å². The van der Waals surface area contributed by atoms with Gasteiger partial charge in [-0.05, 0) is 55.3 Å². The number of aromatic nitrogens is 2. The Hall–Kier alpha value is -3.74. The van der Waals surface area contributed by atoms with Crippen molar-refractivity contribution in [1.82, 2.24) is 9.97 Å². The molecule has 146 valence electrons. The second-order valence-corrected chi connectivity index (χ2v) is 6.82. The number of ether oxygens (including phenoxy) is 1. The van der Waals surface area contributed by atoms with Gasteiger partial charge in [0.25, 0.3) is 5.91 Å². The normalized spacial score (nSPS) is 15.0. The first-order chi connectivity index (χ1) is 14.1. The summed E-state index contributed by atoms with van der Waals surface area (Å²) in [7, 11) is 1.34. The zero-order valence-electron chi connectivity index (χ0n) is 16.1. The summed E-state index contributed by atoms with van der Waals surface area (Å²) in [5.41, 5.74) is 3.55. The minimum absolute atomic E-state index is 0.0668. The number of esters is 1. The predicted molar refractivity (Wildman–Crippen MR) is 110 cm³/mol. The number of nitrogens with zero attached hydrogens (tertiary/aromatic N) is 3. The SMILES string of the molecule is COC(=O)c1ccc(Nc2nccc(C(=O)N3c4ccccc4CC3C)n2)cc1. The van der Waals surface area contributed by atoms with Crippen LogP contribution in [0.3, 0.4) is 0 Å². The van der Waals surface area contributed by atoms with E-state index < -0.39 is 5.97 Å². The fourth-order valence-electron chi connectivity index (χ4n) is 3.47. The zero-order chi connectivity index (χ0) is 20.4. The molecule has 0 aliphatic carbocycles. The summed E-state index contributed by atoms with van der Waals surface area (Å²) in [6.07, 6.45) is 2.38. The van der Waals surface area contributed by atoms with E-state index in [1.807, 2.05) is 31.2 Å². The van der Waals surface area contributed by atoms with E-state index in [-0.39, 0.29) is 11.9 Å². The van der Waals surface area contributed by atoms with E-state index in [2.05, 4.69) is 15.3 Å². The van der Waals surface area contributed by atoms with E-state index >= 15 is 0 Å². The lowest BCUT2D eigenvalue weighted by Crippen LogP contribution is -2.36. The number of methoxy groups -OCH3 is 1. The van der Waals surface area contributed by atoms with Crippen molar-refractivity contribution in [2.24, 2.45) is 0 Å². The maximum Gasteiger partial charge on any atom is 0.337 e. The van der Waals surface area contributed by atoms with Crippen LogP contribution in [-0.2, 0) is 11.2 Å². The molecule has 2 heterocycles. The van der Waals surface area contributed by atoms with Crippen molar-refractivity contribution in [1.29, 1.82) is 0 Å². The number of hydrogen-bond acceptors (Lipinski definition) is 6. The van der Waals surface area contributed by atoms with Gasteiger partial charge in [-0.15, -0.1) is 0 Å². The van der Waals surface area contributed by atoms with E-state index in [0.717, 1.165) is 17.7 Å². The lowest BCUT2D eigenvalue weighted by molar-refractivity contribution is 0.0600.